The van der Waals surface area contributed by atoms with Crippen molar-refractivity contribution in [3.8, 4) is 0 Å². The van der Waals surface area contributed by atoms with E-state index in [4.69, 9.17) is 11.3 Å². The van der Waals surface area contributed by atoms with E-state index in [-0.39, 0.29) is 6.54 Å². The molecule has 0 radical (unpaired) electrons. The molecule has 0 bridgehead atoms. The lowest BCUT2D eigenvalue weighted by molar-refractivity contribution is -0.118. The van der Waals surface area contributed by atoms with Gasteiger partial charge in [-0.1, -0.05) is 17.2 Å². The summed E-state index contributed by atoms with van der Waals surface area (Å²) in [7, 11) is 0. The fourth-order valence-electron chi connectivity index (χ4n) is 1.09. The van der Waals surface area contributed by atoms with Gasteiger partial charge in [-0.25, -0.2) is 0 Å². The van der Waals surface area contributed by atoms with Crippen LogP contribution in [0.15, 0.2) is 33.9 Å². The molecule has 0 aliphatic heterocycles. The summed E-state index contributed by atoms with van der Waals surface area (Å²) in [5.41, 5.74) is 14.1. The molecule has 0 spiro atoms. The zero-order valence-corrected chi connectivity index (χ0v) is 9.89. The van der Waals surface area contributed by atoms with Crippen LogP contribution in [0, 0.1) is 0 Å². The molecule has 0 saturated carbocycles. The highest BCUT2D eigenvalue weighted by Crippen LogP contribution is 2.21. The number of para-hydroxylation sites is 1. The van der Waals surface area contributed by atoms with Gasteiger partial charge in [0, 0.05) is 15.1 Å². The molecule has 0 fully saturated rings. The molecule has 1 amide bonds. The van der Waals surface area contributed by atoms with Crippen LogP contribution >= 0.6 is 15.9 Å². The number of nitrogens with two attached hydrogens (primary N) is 1. The third-order valence-electron chi connectivity index (χ3n) is 1.87. The molecule has 0 aliphatic rings. The third-order valence-corrected chi connectivity index (χ3v) is 2.57. The van der Waals surface area contributed by atoms with E-state index in [9.17, 15) is 4.79 Å². The van der Waals surface area contributed by atoms with Crippen LogP contribution in [-0.2, 0) is 4.79 Å². The number of carbonyl (C=O) groups excluding carboxylic acids is 1. The second kappa shape index (κ2) is 5.99. The Bertz CT molecular complexity index is 430. The summed E-state index contributed by atoms with van der Waals surface area (Å²) in [4.78, 5) is 13.7. The number of nitrogens with one attached hydrogen (secondary N) is 1. The van der Waals surface area contributed by atoms with E-state index in [1.165, 1.54) is 0 Å². The van der Waals surface area contributed by atoms with Crippen LogP contribution in [0.2, 0.25) is 0 Å². The number of azide groups is 1. The Morgan fingerprint density at radius 2 is 2.31 bits per heavy atom. The molecular formula is C9H10BrN5O. The van der Waals surface area contributed by atoms with E-state index in [1.54, 1.807) is 6.07 Å². The highest BCUT2D eigenvalue weighted by molar-refractivity contribution is 9.10. The molecule has 16 heavy (non-hydrogen) atoms. The van der Waals surface area contributed by atoms with Crippen molar-refractivity contribution in [2.24, 2.45) is 10.8 Å². The van der Waals surface area contributed by atoms with Crippen molar-refractivity contribution in [1.82, 2.24) is 0 Å². The van der Waals surface area contributed by atoms with Gasteiger partial charge in [0.1, 0.15) is 6.04 Å². The Morgan fingerprint density at radius 3 is 2.88 bits per heavy atom. The van der Waals surface area contributed by atoms with Crippen molar-refractivity contribution in [1.29, 1.82) is 0 Å². The maximum atomic E-state index is 11.1. The van der Waals surface area contributed by atoms with Gasteiger partial charge in [-0.05, 0) is 33.6 Å². The van der Waals surface area contributed by atoms with E-state index in [1.807, 2.05) is 18.2 Å². The third kappa shape index (κ3) is 3.45. The van der Waals surface area contributed by atoms with Gasteiger partial charge in [0.25, 0.3) is 0 Å². The molecule has 0 heterocycles. The second-order valence-electron chi connectivity index (χ2n) is 2.99. The monoisotopic (exact) mass is 283 g/mol. The number of carbonyl (C=O) groups is 1. The minimum Gasteiger partial charge on any atom is -0.373 e. The van der Waals surface area contributed by atoms with E-state index >= 15 is 0 Å². The van der Waals surface area contributed by atoms with E-state index in [0.29, 0.717) is 0 Å². The van der Waals surface area contributed by atoms with Gasteiger partial charge < -0.3 is 11.1 Å². The molecule has 7 heteroatoms. The first kappa shape index (κ1) is 12.4. The average molecular weight is 284 g/mol. The summed E-state index contributed by atoms with van der Waals surface area (Å²) in [5.74, 6) is -0.567. The van der Waals surface area contributed by atoms with Crippen molar-refractivity contribution in [2.75, 3.05) is 11.9 Å². The molecular weight excluding hydrogens is 274 g/mol. The Kier molecular flexibility index (Phi) is 4.63. The van der Waals surface area contributed by atoms with Gasteiger partial charge in [0.2, 0.25) is 5.91 Å². The van der Waals surface area contributed by atoms with E-state index in [0.717, 1.165) is 10.2 Å². The molecule has 1 aromatic rings. The summed E-state index contributed by atoms with van der Waals surface area (Å²) in [6, 6.07) is 6.57. The first-order valence-corrected chi connectivity index (χ1v) is 5.25. The van der Waals surface area contributed by atoms with Crippen LogP contribution < -0.4 is 11.1 Å². The maximum absolute atomic E-state index is 11.1. The molecule has 0 aromatic heterocycles. The highest BCUT2D eigenvalue weighted by atomic mass is 79.9. The standard InChI is InChI=1S/C9H10BrN5O/c10-6-3-1-2-4-7(6)14-8(9(11)16)5-13-15-12/h1-4,8,14H,5H2,(H2,11,16). The van der Waals surface area contributed by atoms with Gasteiger partial charge in [-0.2, -0.15) is 0 Å². The van der Waals surface area contributed by atoms with Crippen molar-refractivity contribution in [2.45, 2.75) is 6.04 Å². The lowest BCUT2D eigenvalue weighted by atomic mass is 10.2. The summed E-state index contributed by atoms with van der Waals surface area (Å²) < 4.78 is 0.808. The molecule has 1 unspecified atom stereocenters. The SMILES string of the molecule is [N-]=[N+]=NCC(Nc1ccccc1Br)C(N)=O. The minimum atomic E-state index is -0.713. The first-order chi connectivity index (χ1) is 7.65. The number of anilines is 1. The number of hydrogen-bond donors (Lipinski definition) is 2. The molecule has 1 aromatic carbocycles. The number of hydrogen-bond acceptors (Lipinski definition) is 3. The van der Waals surface area contributed by atoms with Crippen molar-refractivity contribution >= 4 is 27.5 Å². The topological polar surface area (TPSA) is 104 Å². The number of primary amides is 1. The lowest BCUT2D eigenvalue weighted by Gasteiger charge is -2.15. The van der Waals surface area contributed by atoms with E-state index < -0.39 is 11.9 Å². The van der Waals surface area contributed by atoms with Gasteiger partial charge in [0.15, 0.2) is 0 Å². The largest absolute Gasteiger partial charge is 0.373 e. The number of nitrogens with zero attached hydrogens (tertiary/aromatic N) is 3. The Labute approximate surface area is 101 Å². The van der Waals surface area contributed by atoms with Gasteiger partial charge in [0.05, 0.1) is 6.54 Å². The molecule has 84 valence electrons. The van der Waals surface area contributed by atoms with Gasteiger partial charge in [-0.15, -0.1) is 0 Å². The summed E-state index contributed by atoms with van der Waals surface area (Å²) in [6.07, 6.45) is 0. The molecule has 3 N–H and O–H groups in total. The van der Waals surface area contributed by atoms with Crippen LogP contribution in [0.3, 0.4) is 0 Å². The predicted octanol–water partition coefficient (Wildman–Crippen LogP) is 2.03. The van der Waals surface area contributed by atoms with Crippen LogP contribution in [0.1, 0.15) is 0 Å². The van der Waals surface area contributed by atoms with Gasteiger partial charge in [-0.3, -0.25) is 4.79 Å². The van der Waals surface area contributed by atoms with Crippen molar-refractivity contribution in [3.05, 3.63) is 39.2 Å². The van der Waals surface area contributed by atoms with Crippen LogP contribution in [0.25, 0.3) is 10.4 Å². The number of rotatable bonds is 5. The van der Waals surface area contributed by atoms with Crippen LogP contribution in [0.4, 0.5) is 5.69 Å². The lowest BCUT2D eigenvalue weighted by Crippen LogP contribution is -2.37. The van der Waals surface area contributed by atoms with Crippen molar-refractivity contribution in [3.63, 3.8) is 0 Å². The molecule has 6 nitrogen and oxygen atoms in total. The zero-order chi connectivity index (χ0) is 12.0. The van der Waals surface area contributed by atoms with Crippen LogP contribution in [0.5, 0.6) is 0 Å². The fraction of sp³-hybridized carbons (Fsp3) is 0.222. The minimum absolute atomic E-state index is 0.0207. The molecule has 1 atom stereocenters. The summed E-state index contributed by atoms with van der Waals surface area (Å²) in [5, 5.41) is 6.22. The number of halogens is 1. The molecule has 0 saturated heterocycles. The smallest absolute Gasteiger partial charge is 0.240 e. The van der Waals surface area contributed by atoms with Crippen LogP contribution in [-0.4, -0.2) is 18.5 Å². The molecule has 1 rings (SSSR count). The highest BCUT2D eigenvalue weighted by Gasteiger charge is 2.14. The molecule has 0 aliphatic carbocycles. The quantitative estimate of drug-likeness (QED) is 0.490. The normalized spacial score (nSPS) is 11.3. The Hall–Kier alpha value is -1.72. The Morgan fingerprint density at radius 1 is 1.62 bits per heavy atom. The van der Waals surface area contributed by atoms with E-state index in [2.05, 4.69) is 31.3 Å². The maximum Gasteiger partial charge on any atom is 0.240 e. The second-order valence-corrected chi connectivity index (χ2v) is 3.85. The fourth-order valence-corrected chi connectivity index (χ4v) is 1.49. The average Bonchev–Trinajstić information content (AvgIpc) is 2.26. The summed E-state index contributed by atoms with van der Waals surface area (Å²) >= 11 is 3.32. The number of benzene rings is 1. The Balaban J connectivity index is 2.79. The summed E-state index contributed by atoms with van der Waals surface area (Å²) in [6.45, 7) is -0.0207. The predicted molar refractivity (Wildman–Crippen MR) is 64.8 cm³/mol. The zero-order valence-electron chi connectivity index (χ0n) is 8.30. The van der Waals surface area contributed by atoms with Crippen molar-refractivity contribution < 1.29 is 4.79 Å². The number of amides is 1. The van der Waals surface area contributed by atoms with Gasteiger partial charge >= 0.3 is 0 Å². The first-order valence-electron chi connectivity index (χ1n) is 4.46.